The molecule has 2 nitrogen and oxygen atoms in total. The summed E-state index contributed by atoms with van der Waals surface area (Å²) in [7, 11) is 0. The van der Waals surface area contributed by atoms with E-state index in [0.29, 0.717) is 12.0 Å². The summed E-state index contributed by atoms with van der Waals surface area (Å²) in [6, 6.07) is 7.13. The lowest BCUT2D eigenvalue weighted by atomic mass is 10.0. The molecule has 1 atom stereocenters. The standard InChI is InChI=1S/C17H27ClN2/c1-4-14(19)10-13-6-5-7-16(18)17(13)20(11-12(2)3)15-8-9-15/h5-7,12,14-15H,4,8-11,19H2,1-3H3. The predicted octanol–water partition coefficient (Wildman–Crippen LogP) is 4.24. The van der Waals surface area contributed by atoms with Crippen molar-refractivity contribution in [3.05, 3.63) is 28.8 Å². The van der Waals surface area contributed by atoms with Gasteiger partial charge in [-0.2, -0.15) is 0 Å². The first-order valence-electron chi connectivity index (χ1n) is 7.82. The SMILES string of the molecule is CCC(N)Cc1cccc(Cl)c1N(CC(C)C)C1CC1. The van der Waals surface area contributed by atoms with E-state index in [-0.39, 0.29) is 6.04 Å². The molecule has 1 aliphatic carbocycles. The van der Waals surface area contributed by atoms with E-state index >= 15 is 0 Å². The van der Waals surface area contributed by atoms with Crippen LogP contribution in [0.2, 0.25) is 5.02 Å². The average molecular weight is 295 g/mol. The van der Waals surface area contributed by atoms with E-state index < -0.39 is 0 Å². The highest BCUT2D eigenvalue weighted by Crippen LogP contribution is 2.39. The van der Waals surface area contributed by atoms with Crippen molar-refractivity contribution in [2.45, 2.75) is 58.5 Å². The zero-order chi connectivity index (χ0) is 14.7. The monoisotopic (exact) mass is 294 g/mol. The van der Waals surface area contributed by atoms with Gasteiger partial charge >= 0.3 is 0 Å². The van der Waals surface area contributed by atoms with Crippen LogP contribution in [-0.2, 0) is 6.42 Å². The van der Waals surface area contributed by atoms with E-state index in [4.69, 9.17) is 17.3 Å². The fourth-order valence-electron chi connectivity index (χ4n) is 2.68. The van der Waals surface area contributed by atoms with E-state index in [2.05, 4.69) is 31.7 Å². The molecule has 3 heteroatoms. The van der Waals surface area contributed by atoms with Gasteiger partial charge in [-0.15, -0.1) is 0 Å². The van der Waals surface area contributed by atoms with Crippen LogP contribution in [0.3, 0.4) is 0 Å². The second-order valence-electron chi connectivity index (χ2n) is 6.40. The van der Waals surface area contributed by atoms with Gasteiger partial charge in [0.2, 0.25) is 0 Å². The third kappa shape index (κ3) is 3.89. The lowest BCUT2D eigenvalue weighted by Gasteiger charge is -2.30. The second kappa shape index (κ2) is 6.82. The van der Waals surface area contributed by atoms with Crippen molar-refractivity contribution in [2.75, 3.05) is 11.4 Å². The van der Waals surface area contributed by atoms with Crippen LogP contribution in [0.1, 0.15) is 45.6 Å². The molecule has 0 saturated heterocycles. The lowest BCUT2D eigenvalue weighted by molar-refractivity contribution is 0.600. The highest BCUT2D eigenvalue weighted by Gasteiger charge is 2.32. The Labute approximate surface area is 128 Å². The highest BCUT2D eigenvalue weighted by molar-refractivity contribution is 6.33. The summed E-state index contributed by atoms with van der Waals surface area (Å²) < 4.78 is 0. The minimum Gasteiger partial charge on any atom is -0.367 e. The fraction of sp³-hybridized carbons (Fsp3) is 0.647. The maximum Gasteiger partial charge on any atom is 0.0642 e. The molecule has 0 bridgehead atoms. The Balaban J connectivity index is 2.31. The second-order valence-corrected chi connectivity index (χ2v) is 6.80. The summed E-state index contributed by atoms with van der Waals surface area (Å²) in [6.45, 7) is 7.75. The third-order valence-corrected chi connectivity index (χ3v) is 4.22. The first-order chi connectivity index (χ1) is 9.52. The summed E-state index contributed by atoms with van der Waals surface area (Å²) in [5, 5.41) is 0.873. The van der Waals surface area contributed by atoms with Gasteiger partial charge in [0.05, 0.1) is 10.7 Å². The van der Waals surface area contributed by atoms with Crippen molar-refractivity contribution in [3.63, 3.8) is 0 Å². The van der Waals surface area contributed by atoms with Crippen molar-refractivity contribution in [1.82, 2.24) is 0 Å². The van der Waals surface area contributed by atoms with Crippen LogP contribution in [0.4, 0.5) is 5.69 Å². The summed E-state index contributed by atoms with van der Waals surface area (Å²) in [5.74, 6) is 0.638. The maximum absolute atomic E-state index is 6.52. The van der Waals surface area contributed by atoms with Crippen LogP contribution in [0.25, 0.3) is 0 Å². The largest absolute Gasteiger partial charge is 0.367 e. The molecular formula is C17H27ClN2. The molecule has 112 valence electrons. The van der Waals surface area contributed by atoms with Gasteiger partial charge in [-0.1, -0.05) is 44.5 Å². The Morgan fingerprint density at radius 1 is 1.35 bits per heavy atom. The van der Waals surface area contributed by atoms with Crippen molar-refractivity contribution in [1.29, 1.82) is 0 Å². The van der Waals surface area contributed by atoms with Gasteiger partial charge in [0, 0.05) is 18.6 Å². The highest BCUT2D eigenvalue weighted by atomic mass is 35.5. The summed E-state index contributed by atoms with van der Waals surface area (Å²) >= 11 is 6.52. The Bertz CT molecular complexity index is 441. The van der Waals surface area contributed by atoms with Crippen LogP contribution in [0, 0.1) is 5.92 Å². The molecule has 1 aromatic carbocycles. The number of hydrogen-bond acceptors (Lipinski definition) is 2. The molecule has 1 unspecified atom stereocenters. The van der Waals surface area contributed by atoms with Gasteiger partial charge in [0.15, 0.2) is 0 Å². The van der Waals surface area contributed by atoms with E-state index in [1.54, 1.807) is 0 Å². The number of nitrogens with zero attached hydrogens (tertiary/aromatic N) is 1. The normalized spacial score (nSPS) is 16.5. The van der Waals surface area contributed by atoms with Gasteiger partial charge in [0.1, 0.15) is 0 Å². The molecule has 1 fully saturated rings. The number of anilines is 1. The molecule has 0 spiro atoms. The van der Waals surface area contributed by atoms with E-state index in [9.17, 15) is 0 Å². The van der Waals surface area contributed by atoms with Gasteiger partial charge in [-0.05, 0) is 43.2 Å². The third-order valence-electron chi connectivity index (χ3n) is 3.91. The molecule has 2 rings (SSSR count). The Kier molecular flexibility index (Phi) is 5.34. The van der Waals surface area contributed by atoms with Crippen LogP contribution in [0.15, 0.2) is 18.2 Å². The number of nitrogens with two attached hydrogens (primary N) is 1. The lowest BCUT2D eigenvalue weighted by Crippen LogP contribution is -2.32. The molecule has 0 amide bonds. The summed E-state index contributed by atoms with van der Waals surface area (Å²) in [5.41, 5.74) is 8.69. The molecular weight excluding hydrogens is 268 g/mol. The number of rotatable bonds is 7. The average Bonchev–Trinajstić information content (AvgIpc) is 3.20. The van der Waals surface area contributed by atoms with Gasteiger partial charge < -0.3 is 10.6 Å². The van der Waals surface area contributed by atoms with Gasteiger partial charge in [-0.3, -0.25) is 0 Å². The van der Waals surface area contributed by atoms with Gasteiger partial charge in [0.25, 0.3) is 0 Å². The van der Waals surface area contributed by atoms with Crippen LogP contribution < -0.4 is 10.6 Å². The number of halogens is 1. The summed E-state index contributed by atoms with van der Waals surface area (Å²) in [4.78, 5) is 2.52. The minimum absolute atomic E-state index is 0.215. The van der Waals surface area contributed by atoms with Crippen LogP contribution >= 0.6 is 11.6 Å². The molecule has 0 radical (unpaired) electrons. The van der Waals surface area contributed by atoms with Crippen LogP contribution in [-0.4, -0.2) is 18.6 Å². The van der Waals surface area contributed by atoms with Crippen molar-refractivity contribution < 1.29 is 0 Å². The van der Waals surface area contributed by atoms with E-state index in [1.165, 1.54) is 24.1 Å². The minimum atomic E-state index is 0.215. The molecule has 0 aliphatic heterocycles. The number of benzene rings is 1. The topological polar surface area (TPSA) is 29.3 Å². The summed E-state index contributed by atoms with van der Waals surface area (Å²) in [6.07, 6.45) is 4.49. The Hall–Kier alpha value is -0.730. The number of hydrogen-bond donors (Lipinski definition) is 1. The smallest absolute Gasteiger partial charge is 0.0642 e. The van der Waals surface area contributed by atoms with E-state index in [1.807, 2.05) is 12.1 Å². The molecule has 0 aromatic heterocycles. The van der Waals surface area contributed by atoms with Gasteiger partial charge in [-0.25, -0.2) is 0 Å². The zero-order valence-corrected chi connectivity index (χ0v) is 13.7. The van der Waals surface area contributed by atoms with Crippen LogP contribution in [0.5, 0.6) is 0 Å². The first kappa shape index (κ1) is 15.7. The molecule has 1 aliphatic rings. The fourth-order valence-corrected chi connectivity index (χ4v) is 2.98. The molecule has 1 saturated carbocycles. The van der Waals surface area contributed by atoms with E-state index in [0.717, 1.165) is 24.4 Å². The zero-order valence-electron chi connectivity index (χ0n) is 12.9. The number of para-hydroxylation sites is 1. The predicted molar refractivity (Wildman–Crippen MR) is 88.6 cm³/mol. The molecule has 20 heavy (non-hydrogen) atoms. The molecule has 2 N–H and O–H groups in total. The molecule has 0 heterocycles. The van der Waals surface area contributed by atoms with Crippen molar-refractivity contribution >= 4 is 17.3 Å². The Morgan fingerprint density at radius 2 is 2.05 bits per heavy atom. The molecule has 1 aromatic rings. The maximum atomic E-state index is 6.52. The van der Waals surface area contributed by atoms with Crippen molar-refractivity contribution in [2.24, 2.45) is 11.7 Å². The Morgan fingerprint density at radius 3 is 2.60 bits per heavy atom. The first-order valence-corrected chi connectivity index (χ1v) is 8.20. The quantitative estimate of drug-likeness (QED) is 0.815. The van der Waals surface area contributed by atoms with Crippen molar-refractivity contribution in [3.8, 4) is 0 Å².